The lowest BCUT2D eigenvalue weighted by Gasteiger charge is -2.15. The molecule has 0 aliphatic heterocycles. The molecule has 0 saturated carbocycles. The van der Waals surface area contributed by atoms with Gasteiger partial charge in [-0.15, -0.1) is 11.8 Å². The molecule has 0 fully saturated rings. The van der Waals surface area contributed by atoms with E-state index in [9.17, 15) is 4.79 Å². The van der Waals surface area contributed by atoms with Gasteiger partial charge in [0.1, 0.15) is 10.8 Å². The van der Waals surface area contributed by atoms with Crippen LogP contribution in [0.5, 0.6) is 0 Å². The van der Waals surface area contributed by atoms with Gasteiger partial charge in [-0.2, -0.15) is 0 Å². The van der Waals surface area contributed by atoms with E-state index >= 15 is 0 Å². The smallest absolute Gasteiger partial charge is 0.254 e. The van der Waals surface area contributed by atoms with Gasteiger partial charge in [0.2, 0.25) is 0 Å². The summed E-state index contributed by atoms with van der Waals surface area (Å²) in [6.45, 7) is 5.78. The van der Waals surface area contributed by atoms with Crippen molar-refractivity contribution in [2.75, 3.05) is 0 Å². The second-order valence-corrected chi connectivity index (χ2v) is 8.06. The Morgan fingerprint density at radius 1 is 1.29 bits per heavy atom. The van der Waals surface area contributed by atoms with Crippen molar-refractivity contribution in [3.05, 3.63) is 75.8 Å². The zero-order valence-corrected chi connectivity index (χ0v) is 17.6. The first kappa shape index (κ1) is 20.4. The number of halogens is 1. The molecule has 5 nitrogen and oxygen atoms in total. The minimum Gasteiger partial charge on any atom is -0.361 e. The molecule has 0 bridgehead atoms. The zero-order chi connectivity index (χ0) is 20.1. The van der Waals surface area contributed by atoms with Crippen LogP contribution in [0.15, 0.2) is 52.1 Å². The summed E-state index contributed by atoms with van der Waals surface area (Å²) in [6.07, 6.45) is 2.40. The Bertz CT molecular complexity index is 954. The van der Waals surface area contributed by atoms with Crippen molar-refractivity contribution < 1.29 is 9.32 Å². The number of pyridine rings is 1. The van der Waals surface area contributed by atoms with Crippen molar-refractivity contribution in [3.8, 4) is 0 Å². The van der Waals surface area contributed by atoms with Gasteiger partial charge in [-0.25, -0.2) is 4.98 Å². The number of nitrogens with zero attached hydrogens (tertiary/aromatic N) is 2. The molecule has 2 aromatic heterocycles. The molecule has 1 aromatic carbocycles. The number of thioether (sulfide) groups is 1. The summed E-state index contributed by atoms with van der Waals surface area (Å²) in [5.41, 5.74) is 3.55. The lowest BCUT2D eigenvalue weighted by molar-refractivity contribution is 0.0936. The Labute approximate surface area is 173 Å². The Kier molecular flexibility index (Phi) is 6.75. The van der Waals surface area contributed by atoms with Crippen LogP contribution in [0.3, 0.4) is 0 Å². The number of carbonyl (C=O) groups is 1. The van der Waals surface area contributed by atoms with Gasteiger partial charge in [0.25, 0.3) is 5.91 Å². The van der Waals surface area contributed by atoms with Crippen LogP contribution < -0.4 is 5.32 Å². The molecule has 0 aliphatic carbocycles. The summed E-state index contributed by atoms with van der Waals surface area (Å²) in [5.74, 6) is 1.31. The lowest BCUT2D eigenvalue weighted by atomic mass is 10.1. The molecule has 0 saturated heterocycles. The van der Waals surface area contributed by atoms with Gasteiger partial charge >= 0.3 is 0 Å². The third-order valence-electron chi connectivity index (χ3n) is 4.36. The van der Waals surface area contributed by atoms with Crippen LogP contribution in [-0.4, -0.2) is 22.1 Å². The molecule has 0 spiro atoms. The predicted molar refractivity (Wildman–Crippen MR) is 112 cm³/mol. The highest BCUT2D eigenvalue weighted by molar-refractivity contribution is 7.98. The molecule has 0 unspecified atom stereocenters. The van der Waals surface area contributed by atoms with Gasteiger partial charge in [0.15, 0.2) is 0 Å². The fourth-order valence-electron chi connectivity index (χ4n) is 2.90. The van der Waals surface area contributed by atoms with Crippen LogP contribution in [0, 0.1) is 13.8 Å². The Morgan fingerprint density at radius 2 is 2.11 bits per heavy atom. The van der Waals surface area contributed by atoms with Gasteiger partial charge in [-0.1, -0.05) is 28.9 Å². The van der Waals surface area contributed by atoms with E-state index < -0.39 is 0 Å². The number of aryl methyl sites for hydroxylation is 2. The van der Waals surface area contributed by atoms with Crippen molar-refractivity contribution in [2.24, 2.45) is 0 Å². The molecule has 1 amide bonds. The molecule has 1 N–H and O–H groups in total. The maximum atomic E-state index is 12.8. The topological polar surface area (TPSA) is 68.0 Å². The highest BCUT2D eigenvalue weighted by Crippen LogP contribution is 2.27. The number of aromatic nitrogens is 2. The minimum atomic E-state index is -0.135. The summed E-state index contributed by atoms with van der Waals surface area (Å²) in [4.78, 5) is 17.2. The average Bonchev–Trinajstić information content (AvgIpc) is 2.98. The molecule has 2 heterocycles. The quantitative estimate of drug-likeness (QED) is 0.550. The first-order valence-electron chi connectivity index (χ1n) is 8.99. The van der Waals surface area contributed by atoms with Gasteiger partial charge in [-0.3, -0.25) is 4.79 Å². The van der Waals surface area contributed by atoms with Crippen LogP contribution >= 0.6 is 23.4 Å². The van der Waals surface area contributed by atoms with Gasteiger partial charge in [0.05, 0.1) is 11.3 Å². The summed E-state index contributed by atoms with van der Waals surface area (Å²) >= 11 is 7.55. The van der Waals surface area contributed by atoms with Crippen LogP contribution in [0.1, 0.15) is 39.9 Å². The van der Waals surface area contributed by atoms with Crippen molar-refractivity contribution in [1.29, 1.82) is 0 Å². The molecule has 0 aliphatic rings. The van der Waals surface area contributed by atoms with E-state index in [2.05, 4.69) is 15.5 Å². The number of hydrogen-bond donors (Lipinski definition) is 1. The summed E-state index contributed by atoms with van der Waals surface area (Å²) in [5, 5.41) is 8.41. The Hall–Kier alpha value is -2.31. The first-order chi connectivity index (χ1) is 13.4. The number of nitrogens with one attached hydrogen (secondary N) is 1. The maximum absolute atomic E-state index is 12.8. The second kappa shape index (κ2) is 9.26. The van der Waals surface area contributed by atoms with Gasteiger partial charge in [-0.05, 0) is 57.0 Å². The van der Waals surface area contributed by atoms with Crippen LogP contribution in [0.25, 0.3) is 0 Å². The van der Waals surface area contributed by atoms with Crippen LogP contribution in [-0.2, 0) is 12.2 Å². The monoisotopic (exact) mass is 415 g/mol. The Morgan fingerprint density at radius 3 is 2.82 bits per heavy atom. The Balaban J connectivity index is 1.66. The van der Waals surface area contributed by atoms with Gasteiger partial charge < -0.3 is 9.84 Å². The normalized spacial score (nSPS) is 12.0. The van der Waals surface area contributed by atoms with E-state index in [1.165, 1.54) is 11.8 Å². The first-order valence-corrected chi connectivity index (χ1v) is 10.3. The largest absolute Gasteiger partial charge is 0.361 e. The molecule has 1 atom stereocenters. The third-order valence-corrected chi connectivity index (χ3v) is 5.63. The van der Waals surface area contributed by atoms with E-state index in [0.29, 0.717) is 27.8 Å². The molecular weight excluding hydrogens is 394 g/mol. The second-order valence-electron chi connectivity index (χ2n) is 6.66. The fraction of sp³-hybridized carbons (Fsp3) is 0.286. The van der Waals surface area contributed by atoms with E-state index in [1.807, 2.05) is 45.0 Å². The maximum Gasteiger partial charge on any atom is 0.254 e. The van der Waals surface area contributed by atoms with Crippen LogP contribution in [0.2, 0.25) is 5.02 Å². The summed E-state index contributed by atoms with van der Waals surface area (Å²) in [6, 6.07) is 11.2. The van der Waals surface area contributed by atoms with E-state index in [0.717, 1.165) is 22.6 Å². The summed E-state index contributed by atoms with van der Waals surface area (Å²) < 4.78 is 5.21. The molecule has 7 heteroatoms. The van der Waals surface area contributed by atoms with Crippen molar-refractivity contribution >= 4 is 29.3 Å². The number of amides is 1. The third kappa shape index (κ3) is 5.14. The minimum absolute atomic E-state index is 0.0356. The highest BCUT2D eigenvalue weighted by Gasteiger charge is 2.17. The molecule has 28 heavy (non-hydrogen) atoms. The average molecular weight is 416 g/mol. The van der Waals surface area contributed by atoms with E-state index in [1.54, 1.807) is 18.3 Å². The van der Waals surface area contributed by atoms with Crippen molar-refractivity contribution in [3.63, 3.8) is 0 Å². The molecule has 3 aromatic rings. The predicted octanol–water partition coefficient (Wildman–Crippen LogP) is 4.99. The number of benzene rings is 1. The fourth-order valence-corrected chi connectivity index (χ4v) is 4.25. The lowest BCUT2D eigenvalue weighted by Crippen LogP contribution is -2.34. The molecule has 3 rings (SSSR count). The molecule has 146 valence electrons. The highest BCUT2D eigenvalue weighted by atomic mass is 35.5. The number of hydrogen-bond acceptors (Lipinski definition) is 5. The van der Waals surface area contributed by atoms with Crippen molar-refractivity contribution in [2.45, 2.75) is 44.0 Å². The van der Waals surface area contributed by atoms with E-state index in [-0.39, 0.29) is 11.9 Å². The molecule has 0 radical (unpaired) electrons. The zero-order valence-electron chi connectivity index (χ0n) is 16.0. The van der Waals surface area contributed by atoms with E-state index in [4.69, 9.17) is 16.1 Å². The van der Waals surface area contributed by atoms with Crippen LogP contribution in [0.4, 0.5) is 0 Å². The van der Waals surface area contributed by atoms with Gasteiger partial charge in [0, 0.05) is 28.6 Å². The molecular formula is C21H22ClN3O2S. The van der Waals surface area contributed by atoms with Crippen molar-refractivity contribution in [1.82, 2.24) is 15.5 Å². The summed E-state index contributed by atoms with van der Waals surface area (Å²) in [7, 11) is 0. The standard InChI is InChI=1S/C21H22ClN3O2S/c1-13(10-16-6-4-7-17(22)11-16)24-20(26)18-8-5-9-23-21(18)28-12-19-14(2)25-27-15(19)3/h4-9,11,13H,10,12H2,1-3H3,(H,24,26)/t13-/m0/s1. The number of carbonyl (C=O) groups excluding carboxylic acids is 1. The number of rotatable bonds is 7. The SMILES string of the molecule is Cc1noc(C)c1CSc1ncccc1C(=O)N[C@@H](C)Cc1cccc(Cl)c1.